The molecule has 0 saturated heterocycles. The first kappa shape index (κ1) is 17.0. The Morgan fingerprint density at radius 2 is 1.50 bits per heavy atom. The lowest BCUT2D eigenvalue weighted by molar-refractivity contribution is 0.0332. The van der Waals surface area contributed by atoms with Crippen LogP contribution in [0.1, 0.15) is 5.56 Å². The van der Waals surface area contributed by atoms with Crippen molar-refractivity contribution in [3.63, 3.8) is 0 Å². The van der Waals surface area contributed by atoms with Crippen LogP contribution in [0.3, 0.4) is 0 Å². The molecule has 0 radical (unpaired) electrons. The van der Waals surface area contributed by atoms with Crippen LogP contribution < -0.4 is 0 Å². The molecule has 0 fully saturated rings. The van der Waals surface area contributed by atoms with Crippen LogP contribution in [-0.4, -0.2) is 48.1 Å². The lowest BCUT2D eigenvalue weighted by atomic mass is 10.2. The topological polar surface area (TPSA) is 61.8 Å². The maximum atomic E-state index is 11.8. The summed E-state index contributed by atoms with van der Waals surface area (Å²) in [6, 6.07) is 6.40. The van der Waals surface area contributed by atoms with Crippen LogP contribution in [0.5, 0.6) is 0 Å². The summed E-state index contributed by atoms with van der Waals surface area (Å²) in [5.41, 5.74) is 0.973. The quantitative estimate of drug-likeness (QED) is 0.486. The molecule has 20 heavy (non-hydrogen) atoms. The fourth-order valence-corrected chi connectivity index (χ4v) is 2.25. The molecule has 1 rings (SSSR count). The van der Waals surface area contributed by atoms with Crippen LogP contribution in [0.4, 0.5) is 4.39 Å². The minimum Gasteiger partial charge on any atom is -0.377 e. The van der Waals surface area contributed by atoms with Crippen molar-refractivity contribution in [2.75, 3.05) is 39.7 Å². The molecular formula is C13H19FO5S. The standard InChI is InChI=1S/C13H19FO5S/c1-12-2-4-13(5-3-12)20(15,16)19-11-10-18-9-8-17-7-6-14/h2-5H,6-11H2,1H3/i14-1. The van der Waals surface area contributed by atoms with Crippen molar-refractivity contribution in [3.8, 4) is 0 Å². The van der Waals surface area contributed by atoms with Gasteiger partial charge >= 0.3 is 0 Å². The van der Waals surface area contributed by atoms with Gasteiger partial charge in [-0.1, -0.05) is 17.7 Å². The first-order chi connectivity index (χ1) is 9.56. The van der Waals surface area contributed by atoms with E-state index in [9.17, 15) is 12.8 Å². The minimum atomic E-state index is -3.74. The Kier molecular flexibility index (Phi) is 7.68. The first-order valence-corrected chi connectivity index (χ1v) is 7.64. The Labute approximate surface area is 118 Å². The van der Waals surface area contributed by atoms with Gasteiger partial charge < -0.3 is 9.47 Å². The smallest absolute Gasteiger partial charge is 0.297 e. The van der Waals surface area contributed by atoms with Gasteiger partial charge in [0.1, 0.15) is 6.67 Å². The van der Waals surface area contributed by atoms with Gasteiger partial charge in [-0.2, -0.15) is 8.42 Å². The fraction of sp³-hybridized carbons (Fsp3) is 0.538. The van der Waals surface area contributed by atoms with E-state index in [2.05, 4.69) is 0 Å². The van der Waals surface area contributed by atoms with Gasteiger partial charge in [0.15, 0.2) is 0 Å². The lowest BCUT2D eigenvalue weighted by Gasteiger charge is -2.07. The van der Waals surface area contributed by atoms with Gasteiger partial charge in [0, 0.05) is 0 Å². The Morgan fingerprint density at radius 1 is 0.950 bits per heavy atom. The minimum absolute atomic E-state index is 0.0433. The maximum absolute atomic E-state index is 11.8. The third-order valence-electron chi connectivity index (χ3n) is 2.37. The Balaban J connectivity index is 2.22. The zero-order valence-corrected chi connectivity index (χ0v) is 12.2. The van der Waals surface area contributed by atoms with Crippen LogP contribution >= 0.6 is 0 Å². The number of ether oxygens (including phenoxy) is 2. The van der Waals surface area contributed by atoms with Gasteiger partial charge in [-0.3, -0.25) is 4.18 Å². The predicted molar refractivity (Wildman–Crippen MR) is 71.9 cm³/mol. The summed E-state index contributed by atoms with van der Waals surface area (Å²) < 4.78 is 50.0. The van der Waals surface area contributed by atoms with Crippen molar-refractivity contribution in [3.05, 3.63) is 29.8 Å². The van der Waals surface area contributed by atoms with Gasteiger partial charge in [0.05, 0.1) is 37.9 Å². The number of alkyl halides is 1. The molecule has 0 aliphatic carbocycles. The second-order valence-corrected chi connectivity index (χ2v) is 5.62. The molecule has 0 aliphatic rings. The van der Waals surface area contributed by atoms with Gasteiger partial charge in [-0.15, -0.1) is 0 Å². The SMILES string of the molecule is Cc1ccc(S(=O)(=O)OCCOCCOCC[18F])cc1. The molecule has 0 N–H and O–H groups in total. The average Bonchev–Trinajstić information content (AvgIpc) is 2.42. The number of aryl methyl sites for hydroxylation is 1. The van der Waals surface area contributed by atoms with E-state index in [0.717, 1.165) is 5.56 Å². The molecule has 0 saturated carbocycles. The highest BCUT2D eigenvalue weighted by Crippen LogP contribution is 2.12. The molecule has 5 nitrogen and oxygen atoms in total. The van der Waals surface area contributed by atoms with E-state index in [4.69, 9.17) is 13.7 Å². The molecule has 1 aromatic carbocycles. The van der Waals surface area contributed by atoms with E-state index in [1.807, 2.05) is 6.92 Å². The van der Waals surface area contributed by atoms with Crippen molar-refractivity contribution >= 4 is 10.1 Å². The van der Waals surface area contributed by atoms with E-state index >= 15 is 0 Å². The van der Waals surface area contributed by atoms with Crippen molar-refractivity contribution in [2.24, 2.45) is 0 Å². The Hall–Kier alpha value is -1.02. The Bertz CT molecular complexity index is 472. The normalized spacial score (nSPS) is 11.7. The largest absolute Gasteiger partial charge is 0.377 e. The molecule has 0 unspecified atom stereocenters. The Morgan fingerprint density at radius 3 is 2.10 bits per heavy atom. The molecular weight excluding hydrogens is 286 g/mol. The summed E-state index contributed by atoms with van der Waals surface area (Å²) in [6.45, 7) is 1.99. The predicted octanol–water partition coefficient (Wildman–Crippen LogP) is 1.70. The van der Waals surface area contributed by atoms with Crippen LogP contribution in [0.25, 0.3) is 0 Å². The molecule has 0 amide bonds. The van der Waals surface area contributed by atoms with Crippen LogP contribution in [0.15, 0.2) is 29.2 Å². The van der Waals surface area contributed by atoms with Gasteiger partial charge in [0.25, 0.3) is 10.1 Å². The highest BCUT2D eigenvalue weighted by molar-refractivity contribution is 7.86. The third kappa shape index (κ3) is 6.42. The van der Waals surface area contributed by atoms with E-state index in [1.54, 1.807) is 12.1 Å². The summed E-state index contributed by atoms with van der Waals surface area (Å²) >= 11 is 0. The van der Waals surface area contributed by atoms with Crippen LogP contribution in [-0.2, 0) is 23.8 Å². The molecule has 1 aromatic rings. The summed E-state index contributed by atoms with van der Waals surface area (Å²) in [7, 11) is -3.74. The van der Waals surface area contributed by atoms with Crippen LogP contribution in [0.2, 0.25) is 0 Å². The fourth-order valence-electron chi connectivity index (χ4n) is 1.35. The first-order valence-electron chi connectivity index (χ1n) is 6.24. The van der Waals surface area contributed by atoms with Crippen molar-refractivity contribution < 1.29 is 26.5 Å². The number of hydrogen-bond donors (Lipinski definition) is 0. The van der Waals surface area contributed by atoms with Crippen molar-refractivity contribution in [1.82, 2.24) is 0 Å². The second kappa shape index (κ2) is 9.02. The molecule has 0 spiro atoms. The van der Waals surface area contributed by atoms with Gasteiger partial charge in [-0.25, -0.2) is 4.39 Å². The lowest BCUT2D eigenvalue weighted by Crippen LogP contribution is -2.13. The molecule has 7 heteroatoms. The van der Waals surface area contributed by atoms with E-state index < -0.39 is 16.8 Å². The summed E-state index contributed by atoms with van der Waals surface area (Å²) in [4.78, 5) is 0.120. The summed E-state index contributed by atoms with van der Waals surface area (Å²) in [5.74, 6) is 0. The van der Waals surface area contributed by atoms with Crippen LogP contribution in [0, 0.1) is 6.92 Å². The number of benzene rings is 1. The zero-order chi connectivity index (χ0) is 14.8. The van der Waals surface area contributed by atoms with Gasteiger partial charge in [0.2, 0.25) is 0 Å². The van der Waals surface area contributed by atoms with E-state index in [1.165, 1.54) is 12.1 Å². The molecule has 0 aromatic heterocycles. The monoisotopic (exact) mass is 305 g/mol. The molecule has 0 heterocycles. The maximum Gasteiger partial charge on any atom is 0.297 e. The highest BCUT2D eigenvalue weighted by Gasteiger charge is 2.14. The van der Waals surface area contributed by atoms with E-state index in [0.29, 0.717) is 0 Å². The van der Waals surface area contributed by atoms with Crippen molar-refractivity contribution in [1.29, 1.82) is 0 Å². The number of halogens is 1. The molecule has 114 valence electrons. The summed E-state index contributed by atoms with van der Waals surface area (Å²) in [6.07, 6.45) is 0. The van der Waals surface area contributed by atoms with Crippen molar-refractivity contribution in [2.45, 2.75) is 11.8 Å². The van der Waals surface area contributed by atoms with E-state index in [-0.39, 0.29) is 37.9 Å². The van der Waals surface area contributed by atoms with Gasteiger partial charge in [-0.05, 0) is 19.1 Å². The zero-order valence-electron chi connectivity index (χ0n) is 11.4. The second-order valence-electron chi connectivity index (χ2n) is 4.00. The number of hydrogen-bond acceptors (Lipinski definition) is 5. The molecule has 0 aliphatic heterocycles. The highest BCUT2D eigenvalue weighted by atomic mass is 32.2. The number of rotatable bonds is 10. The third-order valence-corrected chi connectivity index (χ3v) is 3.70. The molecule has 0 atom stereocenters. The molecule has 0 bridgehead atoms. The average molecular weight is 305 g/mol. The summed E-state index contributed by atoms with van der Waals surface area (Å²) in [5, 5.41) is 0.